The second kappa shape index (κ2) is 7.77. The normalized spacial score (nSPS) is 11.8. The lowest BCUT2D eigenvalue weighted by Crippen LogP contribution is -2.46. The summed E-state index contributed by atoms with van der Waals surface area (Å²) in [5.41, 5.74) is 1.88. The van der Waals surface area contributed by atoms with Crippen molar-refractivity contribution in [3.63, 3.8) is 0 Å². The van der Waals surface area contributed by atoms with E-state index in [1.54, 1.807) is 10.7 Å². The van der Waals surface area contributed by atoms with Gasteiger partial charge in [-0.25, -0.2) is 4.79 Å². The molecule has 0 saturated heterocycles. The molecule has 0 aliphatic heterocycles. The molecule has 1 amide bonds. The van der Waals surface area contributed by atoms with Crippen LogP contribution in [0.3, 0.4) is 0 Å². The average Bonchev–Trinajstić information content (AvgIpc) is 3.00. The molecule has 24 heavy (non-hydrogen) atoms. The van der Waals surface area contributed by atoms with Gasteiger partial charge in [-0.1, -0.05) is 25.1 Å². The van der Waals surface area contributed by atoms with E-state index in [0.29, 0.717) is 24.3 Å². The predicted molar refractivity (Wildman–Crippen MR) is 92.0 cm³/mol. The molecule has 2 aromatic rings. The molecular formula is C18H23N3O3. The molecule has 0 aliphatic carbocycles. The first kappa shape index (κ1) is 17.7. The third-order valence-corrected chi connectivity index (χ3v) is 3.85. The fourth-order valence-corrected chi connectivity index (χ4v) is 2.70. The Bertz CT molecular complexity index is 710. The first-order valence-corrected chi connectivity index (χ1v) is 8.04. The number of nitrogens with zero attached hydrogens (tertiary/aromatic N) is 3. The molecular weight excluding hydrogens is 306 g/mol. The van der Waals surface area contributed by atoms with Gasteiger partial charge in [0, 0.05) is 12.2 Å². The molecule has 128 valence electrons. The average molecular weight is 329 g/mol. The molecule has 2 rings (SSSR count). The van der Waals surface area contributed by atoms with E-state index in [-0.39, 0.29) is 5.91 Å². The highest BCUT2D eigenvalue weighted by molar-refractivity contribution is 6.08. The Morgan fingerprint density at radius 3 is 2.46 bits per heavy atom. The van der Waals surface area contributed by atoms with Crippen LogP contribution in [0.2, 0.25) is 0 Å². The number of hydrogen-bond donors (Lipinski definition) is 0. The first-order valence-electron chi connectivity index (χ1n) is 8.04. The fourth-order valence-electron chi connectivity index (χ4n) is 2.70. The van der Waals surface area contributed by atoms with Crippen LogP contribution in [0.4, 0.5) is 5.69 Å². The SMILES string of the molecule is CC[C@H](C(=O)OC)N(C(=O)c1cc(C)nn1CC)c1ccccc1. The Morgan fingerprint density at radius 2 is 1.92 bits per heavy atom. The van der Waals surface area contributed by atoms with Gasteiger partial charge in [0.2, 0.25) is 0 Å². The number of methoxy groups -OCH3 is 1. The second-order valence-corrected chi connectivity index (χ2v) is 5.44. The highest BCUT2D eigenvalue weighted by Crippen LogP contribution is 2.22. The van der Waals surface area contributed by atoms with E-state index in [2.05, 4.69) is 5.10 Å². The van der Waals surface area contributed by atoms with E-state index < -0.39 is 12.0 Å². The maximum Gasteiger partial charge on any atom is 0.328 e. The van der Waals surface area contributed by atoms with Gasteiger partial charge in [-0.05, 0) is 38.5 Å². The van der Waals surface area contributed by atoms with Crippen molar-refractivity contribution in [2.75, 3.05) is 12.0 Å². The van der Waals surface area contributed by atoms with Gasteiger partial charge in [0.25, 0.3) is 5.91 Å². The van der Waals surface area contributed by atoms with E-state index in [1.807, 2.05) is 51.1 Å². The summed E-state index contributed by atoms with van der Waals surface area (Å²) in [7, 11) is 1.33. The van der Waals surface area contributed by atoms with Crippen LogP contribution in [0.1, 0.15) is 36.5 Å². The molecule has 0 saturated carbocycles. The molecule has 0 fully saturated rings. The quantitative estimate of drug-likeness (QED) is 0.765. The summed E-state index contributed by atoms with van der Waals surface area (Å²) < 4.78 is 6.55. The number of aromatic nitrogens is 2. The number of benzene rings is 1. The van der Waals surface area contributed by atoms with Crippen molar-refractivity contribution in [1.29, 1.82) is 0 Å². The Kier molecular flexibility index (Phi) is 5.73. The monoisotopic (exact) mass is 329 g/mol. The number of amides is 1. The van der Waals surface area contributed by atoms with Crippen LogP contribution in [0.25, 0.3) is 0 Å². The zero-order valence-electron chi connectivity index (χ0n) is 14.5. The zero-order chi connectivity index (χ0) is 17.7. The van der Waals surface area contributed by atoms with Crippen LogP contribution in [0.15, 0.2) is 36.4 Å². The molecule has 6 nitrogen and oxygen atoms in total. The van der Waals surface area contributed by atoms with Gasteiger partial charge in [0.1, 0.15) is 11.7 Å². The highest BCUT2D eigenvalue weighted by Gasteiger charge is 2.32. The summed E-state index contributed by atoms with van der Waals surface area (Å²) in [6, 6.07) is 10.2. The van der Waals surface area contributed by atoms with Crippen LogP contribution >= 0.6 is 0 Å². The minimum atomic E-state index is -0.689. The summed E-state index contributed by atoms with van der Waals surface area (Å²) in [6.45, 7) is 6.20. The van der Waals surface area contributed by atoms with Gasteiger partial charge in [0.15, 0.2) is 0 Å². The number of carbonyl (C=O) groups is 2. The van der Waals surface area contributed by atoms with Gasteiger partial charge < -0.3 is 4.74 Å². The summed E-state index contributed by atoms with van der Waals surface area (Å²) in [5, 5.41) is 4.33. The van der Waals surface area contributed by atoms with E-state index in [0.717, 1.165) is 5.69 Å². The topological polar surface area (TPSA) is 64.4 Å². The van der Waals surface area contributed by atoms with Crippen molar-refractivity contribution in [1.82, 2.24) is 9.78 Å². The van der Waals surface area contributed by atoms with Gasteiger partial charge in [-0.2, -0.15) is 5.10 Å². The summed E-state index contributed by atoms with van der Waals surface area (Å²) >= 11 is 0. The van der Waals surface area contributed by atoms with Crippen molar-refractivity contribution in [3.05, 3.63) is 47.8 Å². The van der Waals surface area contributed by atoms with Gasteiger partial charge in [0.05, 0.1) is 12.8 Å². The van der Waals surface area contributed by atoms with Crippen molar-refractivity contribution in [2.24, 2.45) is 0 Å². The van der Waals surface area contributed by atoms with Crippen LogP contribution in [-0.4, -0.2) is 34.8 Å². The summed E-state index contributed by atoms with van der Waals surface area (Å²) in [6.07, 6.45) is 0.451. The predicted octanol–water partition coefficient (Wildman–Crippen LogP) is 2.81. The van der Waals surface area contributed by atoms with Crippen LogP contribution in [0, 0.1) is 6.92 Å². The summed E-state index contributed by atoms with van der Waals surface area (Å²) in [4.78, 5) is 26.9. The van der Waals surface area contributed by atoms with Crippen molar-refractivity contribution >= 4 is 17.6 Å². The lowest BCUT2D eigenvalue weighted by Gasteiger charge is -2.29. The Labute approximate surface area is 142 Å². The lowest BCUT2D eigenvalue weighted by molar-refractivity contribution is -0.142. The molecule has 1 heterocycles. The molecule has 0 spiro atoms. The molecule has 6 heteroatoms. The summed E-state index contributed by atoms with van der Waals surface area (Å²) in [5.74, 6) is -0.699. The molecule has 0 aliphatic rings. The first-order chi connectivity index (χ1) is 11.5. The molecule has 1 aromatic carbocycles. The highest BCUT2D eigenvalue weighted by atomic mass is 16.5. The maximum absolute atomic E-state index is 13.2. The van der Waals surface area contributed by atoms with E-state index in [9.17, 15) is 9.59 Å². The number of anilines is 1. The molecule has 0 unspecified atom stereocenters. The van der Waals surface area contributed by atoms with Crippen LogP contribution in [-0.2, 0) is 16.1 Å². The van der Waals surface area contributed by atoms with Crippen molar-refractivity contribution in [3.8, 4) is 0 Å². The largest absolute Gasteiger partial charge is 0.467 e. The second-order valence-electron chi connectivity index (χ2n) is 5.44. The maximum atomic E-state index is 13.2. The van der Waals surface area contributed by atoms with Crippen molar-refractivity contribution < 1.29 is 14.3 Å². The minimum absolute atomic E-state index is 0.263. The van der Waals surface area contributed by atoms with Crippen LogP contribution in [0.5, 0.6) is 0 Å². The van der Waals surface area contributed by atoms with Gasteiger partial charge in [-0.3, -0.25) is 14.4 Å². The number of carbonyl (C=O) groups excluding carboxylic acids is 2. The van der Waals surface area contributed by atoms with Gasteiger partial charge in [-0.15, -0.1) is 0 Å². The Balaban J connectivity index is 2.53. The molecule has 0 radical (unpaired) electrons. The number of para-hydroxylation sites is 1. The fraction of sp³-hybridized carbons (Fsp3) is 0.389. The van der Waals surface area contributed by atoms with E-state index >= 15 is 0 Å². The zero-order valence-corrected chi connectivity index (χ0v) is 14.5. The molecule has 0 N–H and O–H groups in total. The smallest absolute Gasteiger partial charge is 0.328 e. The van der Waals surface area contributed by atoms with Crippen LogP contribution < -0.4 is 4.90 Å². The molecule has 0 bridgehead atoms. The number of aryl methyl sites for hydroxylation is 2. The number of rotatable bonds is 6. The van der Waals surface area contributed by atoms with Crippen molar-refractivity contribution in [2.45, 2.75) is 39.8 Å². The van der Waals surface area contributed by atoms with E-state index in [4.69, 9.17) is 4.74 Å². The number of hydrogen-bond acceptors (Lipinski definition) is 4. The third-order valence-electron chi connectivity index (χ3n) is 3.85. The molecule has 1 atom stereocenters. The van der Waals surface area contributed by atoms with Gasteiger partial charge >= 0.3 is 5.97 Å². The molecule has 1 aromatic heterocycles. The Hall–Kier alpha value is -2.63. The minimum Gasteiger partial charge on any atom is -0.467 e. The number of ether oxygens (including phenoxy) is 1. The lowest BCUT2D eigenvalue weighted by atomic mass is 10.1. The number of esters is 1. The Morgan fingerprint density at radius 1 is 1.25 bits per heavy atom. The standard InChI is InChI=1S/C18H23N3O3/c1-5-15(18(23)24-4)21(14-10-8-7-9-11-14)17(22)16-12-13(3)19-20(16)6-2/h7-12,15H,5-6H2,1-4H3/t15-/m1/s1. The third kappa shape index (κ3) is 3.48. The van der Waals surface area contributed by atoms with E-state index in [1.165, 1.54) is 12.0 Å².